The molecule has 0 saturated heterocycles. The van der Waals surface area contributed by atoms with Crippen molar-refractivity contribution in [2.45, 2.75) is 78.7 Å². The lowest BCUT2D eigenvalue weighted by atomic mass is 9.86. The fraction of sp³-hybridized carbons (Fsp3) is 0.571. The Balaban J connectivity index is 2.72. The Morgan fingerprint density at radius 3 is 2.21 bits per heavy atom. The van der Waals surface area contributed by atoms with Crippen LogP contribution >= 0.6 is 0 Å². The van der Waals surface area contributed by atoms with Crippen molar-refractivity contribution in [1.29, 1.82) is 0 Å². The molecule has 2 aromatic rings. The van der Waals surface area contributed by atoms with Crippen molar-refractivity contribution in [1.82, 2.24) is 4.98 Å². The van der Waals surface area contributed by atoms with Gasteiger partial charge in [-0.25, -0.2) is 0 Å². The van der Waals surface area contributed by atoms with Gasteiger partial charge in [-0.15, -0.1) is 0 Å². The van der Waals surface area contributed by atoms with Gasteiger partial charge in [-0.1, -0.05) is 47.5 Å². The second kappa shape index (κ2) is 8.48. The highest BCUT2D eigenvalue weighted by Crippen LogP contribution is 2.37. The lowest BCUT2D eigenvalue weighted by Crippen LogP contribution is -2.12. The summed E-state index contributed by atoms with van der Waals surface area (Å²) in [5, 5.41) is 10.1. The molecule has 1 N–H and O–H groups in total. The maximum Gasteiger partial charge on any atom is 0.0981 e. The van der Waals surface area contributed by atoms with Crippen molar-refractivity contribution in [3.05, 3.63) is 41.1 Å². The first-order chi connectivity index (χ1) is 11.5. The number of aliphatic hydroxyl groups excluding tert-OH is 1. The van der Waals surface area contributed by atoms with Crippen molar-refractivity contribution >= 4 is 0 Å². The summed E-state index contributed by atoms with van der Waals surface area (Å²) in [5.74, 6) is 0.637. The second-order valence-electron chi connectivity index (χ2n) is 7.15. The Morgan fingerprint density at radius 1 is 1.04 bits per heavy atom. The topological polar surface area (TPSA) is 46.3 Å². The number of nitrogens with zero attached hydrogens (tertiary/aromatic N) is 1. The molecule has 0 aromatic carbocycles. The zero-order valence-electron chi connectivity index (χ0n) is 15.7. The monoisotopic (exact) mass is 329 g/mol. The Bertz CT molecular complexity index is 642. The van der Waals surface area contributed by atoms with Gasteiger partial charge in [0.1, 0.15) is 0 Å². The highest BCUT2D eigenvalue weighted by molar-refractivity contribution is 5.72. The van der Waals surface area contributed by atoms with Crippen LogP contribution in [0.15, 0.2) is 23.0 Å². The third kappa shape index (κ3) is 3.89. The molecule has 0 atom stereocenters. The van der Waals surface area contributed by atoms with Gasteiger partial charge < -0.3 is 9.52 Å². The molecular weight excluding hydrogens is 298 g/mol. The van der Waals surface area contributed by atoms with Crippen LogP contribution in [0.1, 0.15) is 88.2 Å². The van der Waals surface area contributed by atoms with Crippen LogP contribution in [0, 0.1) is 0 Å². The summed E-state index contributed by atoms with van der Waals surface area (Å²) < 4.78 is 5.35. The molecule has 2 aromatic heterocycles. The highest BCUT2D eigenvalue weighted by atomic mass is 16.3. The lowest BCUT2D eigenvalue weighted by Gasteiger charge is -2.23. The van der Waals surface area contributed by atoms with Gasteiger partial charge in [0, 0.05) is 22.5 Å². The van der Waals surface area contributed by atoms with E-state index in [4.69, 9.17) is 9.40 Å². The van der Waals surface area contributed by atoms with Gasteiger partial charge >= 0.3 is 0 Å². The van der Waals surface area contributed by atoms with Gasteiger partial charge in [-0.3, -0.25) is 4.98 Å². The first-order valence-corrected chi connectivity index (χ1v) is 9.20. The Hall–Kier alpha value is -1.61. The van der Waals surface area contributed by atoms with E-state index in [0.717, 1.165) is 35.2 Å². The second-order valence-corrected chi connectivity index (χ2v) is 7.15. The van der Waals surface area contributed by atoms with Crippen LogP contribution < -0.4 is 0 Å². The van der Waals surface area contributed by atoms with Crippen molar-refractivity contribution < 1.29 is 9.52 Å². The molecule has 3 heteroatoms. The van der Waals surface area contributed by atoms with Crippen LogP contribution in [0.2, 0.25) is 0 Å². The predicted octanol–water partition coefficient (Wildman–Crippen LogP) is 5.81. The molecule has 3 nitrogen and oxygen atoms in total. The van der Waals surface area contributed by atoms with Gasteiger partial charge in [0.2, 0.25) is 0 Å². The normalized spacial score (nSPS) is 11.7. The van der Waals surface area contributed by atoms with E-state index in [0.29, 0.717) is 5.92 Å². The Morgan fingerprint density at radius 2 is 1.71 bits per heavy atom. The number of furan rings is 1. The largest absolute Gasteiger partial charge is 0.472 e. The van der Waals surface area contributed by atoms with Crippen LogP contribution in [0.5, 0.6) is 0 Å². The maximum absolute atomic E-state index is 10.1. The molecule has 2 heterocycles. The summed E-state index contributed by atoms with van der Waals surface area (Å²) in [6.45, 7) is 10.9. The maximum atomic E-state index is 10.1. The smallest absolute Gasteiger partial charge is 0.0981 e. The predicted molar refractivity (Wildman–Crippen MR) is 99.3 cm³/mol. The van der Waals surface area contributed by atoms with Crippen molar-refractivity contribution in [3.63, 3.8) is 0 Å². The number of unbranched alkanes of at least 4 members (excludes halogenated alkanes) is 2. The molecule has 0 spiro atoms. The zero-order valence-corrected chi connectivity index (χ0v) is 15.7. The van der Waals surface area contributed by atoms with Crippen LogP contribution in [-0.4, -0.2) is 10.1 Å². The number of pyridine rings is 1. The lowest BCUT2D eigenvalue weighted by molar-refractivity contribution is 0.279. The summed E-state index contributed by atoms with van der Waals surface area (Å²) >= 11 is 0. The molecule has 0 aliphatic carbocycles. The van der Waals surface area contributed by atoms with Crippen LogP contribution in [0.25, 0.3) is 11.1 Å². The number of rotatable bonds is 8. The quantitative estimate of drug-likeness (QED) is 0.621. The summed E-state index contributed by atoms with van der Waals surface area (Å²) in [4.78, 5) is 5.00. The summed E-state index contributed by atoms with van der Waals surface area (Å²) in [6, 6.07) is 1.99. The fourth-order valence-electron chi connectivity index (χ4n) is 3.38. The van der Waals surface area contributed by atoms with Gasteiger partial charge in [-0.05, 0) is 41.9 Å². The van der Waals surface area contributed by atoms with E-state index < -0.39 is 0 Å². The minimum Gasteiger partial charge on any atom is -0.472 e. The number of hydrogen-bond donors (Lipinski definition) is 1. The number of aliphatic hydroxyl groups is 1. The molecule has 132 valence electrons. The highest BCUT2D eigenvalue weighted by Gasteiger charge is 2.23. The summed E-state index contributed by atoms with van der Waals surface area (Å²) in [7, 11) is 0. The molecule has 0 saturated carbocycles. The molecule has 2 rings (SSSR count). The first-order valence-electron chi connectivity index (χ1n) is 9.20. The van der Waals surface area contributed by atoms with Gasteiger partial charge in [-0.2, -0.15) is 0 Å². The standard InChI is InChI=1S/C21H31NO2/c1-6-7-8-9-17-19(16-10-11-24-13-16)18(12-23)21(15(4)5)22-20(17)14(2)3/h10-11,13-15,23H,6-9,12H2,1-5H3. The molecule has 0 amide bonds. The average Bonchev–Trinajstić information content (AvgIpc) is 3.07. The summed E-state index contributed by atoms with van der Waals surface area (Å²) in [5.41, 5.74) is 6.62. The van der Waals surface area contributed by atoms with Crippen molar-refractivity contribution in [3.8, 4) is 11.1 Å². The van der Waals surface area contributed by atoms with E-state index in [1.165, 1.54) is 24.1 Å². The molecule has 0 bridgehead atoms. The third-order valence-corrected chi connectivity index (χ3v) is 4.55. The average molecular weight is 329 g/mol. The molecule has 0 aliphatic rings. The van der Waals surface area contributed by atoms with E-state index in [2.05, 4.69) is 34.6 Å². The van der Waals surface area contributed by atoms with E-state index >= 15 is 0 Å². The minimum atomic E-state index is 0.0141. The van der Waals surface area contributed by atoms with Gasteiger partial charge in [0.25, 0.3) is 0 Å². The minimum absolute atomic E-state index is 0.0141. The van der Waals surface area contributed by atoms with Crippen molar-refractivity contribution in [2.24, 2.45) is 0 Å². The van der Waals surface area contributed by atoms with E-state index in [1.54, 1.807) is 12.5 Å². The molecule has 24 heavy (non-hydrogen) atoms. The van der Waals surface area contributed by atoms with Crippen LogP contribution in [-0.2, 0) is 13.0 Å². The molecule has 0 unspecified atom stereocenters. The Labute approximate surface area is 146 Å². The van der Waals surface area contributed by atoms with E-state index in [9.17, 15) is 5.11 Å². The molecule has 0 aliphatic heterocycles. The SMILES string of the molecule is CCCCCc1c(C(C)C)nc(C(C)C)c(CO)c1-c1ccoc1. The number of hydrogen-bond acceptors (Lipinski definition) is 3. The van der Waals surface area contributed by atoms with Gasteiger partial charge in [0.05, 0.1) is 19.1 Å². The van der Waals surface area contributed by atoms with Gasteiger partial charge in [0.15, 0.2) is 0 Å². The van der Waals surface area contributed by atoms with E-state index in [-0.39, 0.29) is 12.5 Å². The molecular formula is C21H31NO2. The van der Waals surface area contributed by atoms with Crippen LogP contribution in [0.3, 0.4) is 0 Å². The van der Waals surface area contributed by atoms with Crippen LogP contribution in [0.4, 0.5) is 0 Å². The first kappa shape index (κ1) is 18.7. The molecule has 0 fully saturated rings. The third-order valence-electron chi connectivity index (χ3n) is 4.55. The number of aromatic nitrogens is 1. The zero-order chi connectivity index (χ0) is 17.7. The van der Waals surface area contributed by atoms with E-state index in [1.807, 2.05) is 6.07 Å². The fourth-order valence-corrected chi connectivity index (χ4v) is 3.38. The summed E-state index contributed by atoms with van der Waals surface area (Å²) in [6.07, 6.45) is 8.04. The Kier molecular flexibility index (Phi) is 6.61. The molecule has 0 radical (unpaired) electrons. The van der Waals surface area contributed by atoms with Crippen molar-refractivity contribution in [2.75, 3.05) is 0 Å².